The molecule has 41 heavy (non-hydrogen) atoms. The Kier molecular flexibility index (Phi) is 10.6. The molecular formula is C33H41N3O4S. The molecule has 4 rings (SSSR count). The molecule has 2 amide bonds. The first-order valence-corrected chi connectivity index (χ1v) is 16.3. The predicted molar refractivity (Wildman–Crippen MR) is 164 cm³/mol. The third-order valence-electron chi connectivity index (χ3n) is 7.60. The summed E-state index contributed by atoms with van der Waals surface area (Å²) in [6, 6.07) is 26.1. The quantitative estimate of drug-likeness (QED) is 0.302. The van der Waals surface area contributed by atoms with Crippen molar-refractivity contribution in [2.24, 2.45) is 0 Å². The van der Waals surface area contributed by atoms with Crippen molar-refractivity contribution in [3.63, 3.8) is 0 Å². The van der Waals surface area contributed by atoms with Crippen LogP contribution >= 0.6 is 0 Å². The highest BCUT2D eigenvalue weighted by molar-refractivity contribution is 7.92. The van der Waals surface area contributed by atoms with E-state index in [9.17, 15) is 18.0 Å². The fourth-order valence-electron chi connectivity index (χ4n) is 5.53. The average Bonchev–Trinajstić information content (AvgIpc) is 3.46. The Bertz CT molecular complexity index is 1390. The molecule has 0 bridgehead atoms. The molecule has 0 aliphatic heterocycles. The molecule has 3 aromatic rings. The molecule has 1 fully saturated rings. The summed E-state index contributed by atoms with van der Waals surface area (Å²) in [6.07, 6.45) is 6.12. The highest BCUT2D eigenvalue weighted by atomic mass is 32.2. The van der Waals surface area contributed by atoms with E-state index in [4.69, 9.17) is 0 Å². The SMILES string of the molecule is Cc1cccc(CN(C(=O)CCCN(c2ccccc2)S(C)(=O)=O)[C@H](Cc2ccccc2)C(=O)NC2CCCC2)c1. The normalized spacial score (nSPS) is 14.4. The summed E-state index contributed by atoms with van der Waals surface area (Å²) < 4.78 is 26.4. The summed E-state index contributed by atoms with van der Waals surface area (Å²) >= 11 is 0. The highest BCUT2D eigenvalue weighted by Gasteiger charge is 2.32. The van der Waals surface area contributed by atoms with Gasteiger partial charge in [0.15, 0.2) is 0 Å². The Hall–Kier alpha value is -3.65. The fraction of sp³-hybridized carbons (Fsp3) is 0.394. The molecule has 1 N–H and O–H groups in total. The lowest BCUT2D eigenvalue weighted by atomic mass is 10.0. The Morgan fingerprint density at radius 3 is 2.17 bits per heavy atom. The Morgan fingerprint density at radius 2 is 1.54 bits per heavy atom. The van der Waals surface area contributed by atoms with Crippen LogP contribution in [0.1, 0.15) is 55.2 Å². The lowest BCUT2D eigenvalue weighted by Gasteiger charge is -2.33. The van der Waals surface area contributed by atoms with Crippen LogP contribution in [-0.4, -0.2) is 50.0 Å². The predicted octanol–water partition coefficient (Wildman–Crippen LogP) is 5.24. The number of benzene rings is 3. The summed E-state index contributed by atoms with van der Waals surface area (Å²) in [5.74, 6) is -0.306. The van der Waals surface area contributed by atoms with Crippen molar-refractivity contribution in [2.75, 3.05) is 17.1 Å². The maximum Gasteiger partial charge on any atom is 0.243 e. The Morgan fingerprint density at radius 1 is 0.902 bits per heavy atom. The van der Waals surface area contributed by atoms with E-state index >= 15 is 0 Å². The number of hydrogen-bond donors (Lipinski definition) is 1. The van der Waals surface area contributed by atoms with E-state index in [0.29, 0.717) is 25.1 Å². The van der Waals surface area contributed by atoms with Crippen LogP contribution in [0, 0.1) is 6.92 Å². The molecule has 0 aromatic heterocycles. The molecule has 3 aromatic carbocycles. The van der Waals surface area contributed by atoms with E-state index in [-0.39, 0.29) is 30.8 Å². The van der Waals surface area contributed by atoms with Gasteiger partial charge in [-0.05, 0) is 49.4 Å². The van der Waals surface area contributed by atoms with Crippen LogP contribution in [0.3, 0.4) is 0 Å². The summed E-state index contributed by atoms with van der Waals surface area (Å²) in [4.78, 5) is 29.5. The van der Waals surface area contributed by atoms with Crippen LogP contribution in [0.4, 0.5) is 5.69 Å². The summed E-state index contributed by atoms with van der Waals surface area (Å²) in [6.45, 7) is 2.47. The van der Waals surface area contributed by atoms with Gasteiger partial charge < -0.3 is 10.2 Å². The van der Waals surface area contributed by atoms with Crippen LogP contribution in [0.2, 0.25) is 0 Å². The number of nitrogens with zero attached hydrogens (tertiary/aromatic N) is 2. The van der Waals surface area contributed by atoms with Gasteiger partial charge in [0, 0.05) is 32.0 Å². The van der Waals surface area contributed by atoms with E-state index < -0.39 is 16.1 Å². The summed E-state index contributed by atoms with van der Waals surface area (Å²) in [5, 5.41) is 3.23. The van der Waals surface area contributed by atoms with Crippen molar-refractivity contribution in [2.45, 2.75) is 70.5 Å². The Balaban J connectivity index is 1.58. The molecule has 8 heteroatoms. The summed E-state index contributed by atoms with van der Waals surface area (Å²) in [5.41, 5.74) is 3.58. The van der Waals surface area contributed by atoms with E-state index in [2.05, 4.69) is 5.32 Å². The minimum atomic E-state index is -3.53. The van der Waals surface area contributed by atoms with Gasteiger partial charge in [-0.1, -0.05) is 91.2 Å². The number of para-hydroxylation sites is 1. The molecule has 1 aliphatic carbocycles. The van der Waals surface area contributed by atoms with Gasteiger partial charge in [-0.2, -0.15) is 0 Å². The van der Waals surface area contributed by atoms with Gasteiger partial charge in [0.2, 0.25) is 21.8 Å². The van der Waals surface area contributed by atoms with Crippen LogP contribution in [0.5, 0.6) is 0 Å². The van der Waals surface area contributed by atoms with E-state index in [1.807, 2.05) is 67.6 Å². The van der Waals surface area contributed by atoms with Crippen LogP contribution in [0.15, 0.2) is 84.9 Å². The highest BCUT2D eigenvalue weighted by Crippen LogP contribution is 2.22. The zero-order valence-corrected chi connectivity index (χ0v) is 24.9. The fourth-order valence-corrected chi connectivity index (χ4v) is 6.49. The van der Waals surface area contributed by atoms with Gasteiger partial charge in [-0.25, -0.2) is 8.42 Å². The maximum atomic E-state index is 14.0. The largest absolute Gasteiger partial charge is 0.352 e. The zero-order valence-electron chi connectivity index (χ0n) is 24.0. The first-order valence-electron chi connectivity index (χ1n) is 14.4. The number of carbonyl (C=O) groups excluding carboxylic acids is 2. The number of anilines is 1. The van der Waals surface area contributed by atoms with Gasteiger partial charge in [0.05, 0.1) is 11.9 Å². The molecule has 7 nitrogen and oxygen atoms in total. The van der Waals surface area contributed by atoms with Crippen molar-refractivity contribution in [3.8, 4) is 0 Å². The standard InChI is InChI=1S/C33H41N3O4S/c1-26-13-11-16-28(23-26)25-35(32(37)21-12-22-36(41(2,39)40)30-19-7-4-8-20-30)31(24-27-14-5-3-6-15-27)33(38)34-29-17-9-10-18-29/h3-8,11,13-16,19-20,23,29,31H,9-10,12,17-18,21-22,24-25H2,1-2H3,(H,34,38)/t31-/m1/s1. The second kappa shape index (κ2) is 14.3. The van der Waals surface area contributed by atoms with Gasteiger partial charge >= 0.3 is 0 Å². The van der Waals surface area contributed by atoms with Gasteiger partial charge in [-0.3, -0.25) is 13.9 Å². The molecular weight excluding hydrogens is 534 g/mol. The number of rotatable bonds is 13. The van der Waals surface area contributed by atoms with E-state index in [1.54, 1.807) is 29.2 Å². The minimum Gasteiger partial charge on any atom is -0.352 e. The number of nitrogens with one attached hydrogen (secondary N) is 1. The first-order chi connectivity index (χ1) is 19.7. The second-order valence-corrected chi connectivity index (χ2v) is 12.9. The molecule has 0 saturated heterocycles. The molecule has 0 spiro atoms. The molecule has 1 atom stereocenters. The van der Waals surface area contributed by atoms with Crippen molar-refractivity contribution >= 4 is 27.5 Å². The lowest BCUT2D eigenvalue weighted by Crippen LogP contribution is -2.52. The van der Waals surface area contributed by atoms with Crippen molar-refractivity contribution in [3.05, 3.63) is 102 Å². The first kappa shape index (κ1) is 30.3. The third-order valence-corrected chi connectivity index (χ3v) is 8.80. The van der Waals surface area contributed by atoms with Crippen molar-refractivity contribution in [1.82, 2.24) is 10.2 Å². The lowest BCUT2D eigenvalue weighted by molar-refractivity contribution is -0.141. The minimum absolute atomic E-state index is 0.118. The monoisotopic (exact) mass is 575 g/mol. The number of carbonyl (C=O) groups is 2. The molecule has 1 aliphatic rings. The second-order valence-electron chi connectivity index (χ2n) is 11.0. The van der Waals surface area contributed by atoms with Crippen molar-refractivity contribution < 1.29 is 18.0 Å². The topological polar surface area (TPSA) is 86.8 Å². The van der Waals surface area contributed by atoms with E-state index in [0.717, 1.165) is 42.4 Å². The average molecular weight is 576 g/mol. The third kappa shape index (κ3) is 8.92. The van der Waals surface area contributed by atoms with E-state index in [1.165, 1.54) is 10.6 Å². The van der Waals surface area contributed by atoms with Crippen LogP contribution < -0.4 is 9.62 Å². The van der Waals surface area contributed by atoms with Crippen LogP contribution in [-0.2, 0) is 32.6 Å². The Labute approximate surface area is 244 Å². The maximum absolute atomic E-state index is 14.0. The number of hydrogen-bond acceptors (Lipinski definition) is 4. The number of amides is 2. The van der Waals surface area contributed by atoms with Crippen LogP contribution in [0.25, 0.3) is 0 Å². The molecule has 0 radical (unpaired) electrons. The summed E-state index contributed by atoms with van der Waals surface area (Å²) in [7, 11) is -3.53. The number of aryl methyl sites for hydroxylation is 1. The smallest absolute Gasteiger partial charge is 0.243 e. The van der Waals surface area contributed by atoms with Crippen molar-refractivity contribution in [1.29, 1.82) is 0 Å². The van der Waals surface area contributed by atoms with Gasteiger partial charge in [0.25, 0.3) is 0 Å². The van der Waals surface area contributed by atoms with Gasteiger partial charge in [-0.15, -0.1) is 0 Å². The van der Waals surface area contributed by atoms with Gasteiger partial charge in [0.1, 0.15) is 6.04 Å². The molecule has 1 saturated carbocycles. The number of sulfonamides is 1. The molecule has 218 valence electrons. The molecule has 0 unspecified atom stereocenters. The zero-order chi connectivity index (χ0) is 29.2. The molecule has 0 heterocycles.